The number of carbonyl (C=O) groups excluding carboxylic acids is 1. The lowest BCUT2D eigenvalue weighted by molar-refractivity contribution is -0.108. The molecule has 6 heteroatoms. The maximum Gasteiger partial charge on any atom is 0.290 e. The van der Waals surface area contributed by atoms with Gasteiger partial charge in [-0.3, -0.25) is 9.78 Å². The normalized spacial score (nSPS) is 25.8. The molecule has 1 amide bonds. The number of carbonyl (C=O) groups is 1. The second kappa shape index (κ2) is 6.98. The number of ether oxygens (including phenoxy) is 2. The Kier molecular flexibility index (Phi) is 4.55. The predicted molar refractivity (Wildman–Crippen MR) is 90.1 cm³/mol. The molecule has 3 heterocycles. The van der Waals surface area contributed by atoms with Crippen molar-refractivity contribution in [3.63, 3.8) is 0 Å². The lowest BCUT2D eigenvalue weighted by Crippen LogP contribution is -2.53. The average molecular weight is 342 g/mol. The summed E-state index contributed by atoms with van der Waals surface area (Å²) in [5.41, 5.74) is 1.91. The maximum absolute atomic E-state index is 12.8. The van der Waals surface area contributed by atoms with Crippen LogP contribution in [0.15, 0.2) is 41.3 Å². The number of hydrogen-bond acceptors (Lipinski definition) is 5. The summed E-state index contributed by atoms with van der Waals surface area (Å²) in [4.78, 5) is 18.8. The molecule has 1 saturated heterocycles. The van der Waals surface area contributed by atoms with Crippen molar-refractivity contribution >= 4 is 5.91 Å². The van der Waals surface area contributed by atoms with Gasteiger partial charge in [0.15, 0.2) is 5.76 Å². The maximum atomic E-state index is 12.8. The van der Waals surface area contributed by atoms with Crippen LogP contribution in [0.2, 0.25) is 0 Å². The van der Waals surface area contributed by atoms with Crippen molar-refractivity contribution in [2.24, 2.45) is 0 Å². The lowest BCUT2D eigenvalue weighted by atomic mass is 10.1. The molecule has 3 atom stereocenters. The molecule has 2 aromatic heterocycles. The highest BCUT2D eigenvalue weighted by Gasteiger charge is 2.45. The van der Waals surface area contributed by atoms with Gasteiger partial charge in [-0.25, -0.2) is 0 Å². The molecule has 0 bridgehead atoms. The summed E-state index contributed by atoms with van der Waals surface area (Å²) in [7, 11) is 0. The Bertz CT molecular complexity index is 730. The number of aromatic nitrogens is 1. The molecule has 4 rings (SSSR count). The second-order valence-electron chi connectivity index (χ2n) is 6.62. The zero-order valence-corrected chi connectivity index (χ0v) is 14.3. The largest absolute Gasteiger partial charge is 0.459 e. The fourth-order valence-electron chi connectivity index (χ4n) is 3.76. The number of amides is 1. The van der Waals surface area contributed by atoms with E-state index in [1.54, 1.807) is 12.5 Å². The third-order valence-electron chi connectivity index (χ3n) is 5.04. The molecular formula is C19H22N2O4. The summed E-state index contributed by atoms with van der Waals surface area (Å²) in [5.74, 6) is 0.383. The van der Waals surface area contributed by atoms with Crippen molar-refractivity contribution in [2.75, 3.05) is 13.2 Å². The molecule has 6 nitrogen and oxygen atoms in total. The molecule has 2 fully saturated rings. The number of rotatable bonds is 4. The van der Waals surface area contributed by atoms with Gasteiger partial charge in [-0.05, 0) is 37.5 Å². The Morgan fingerprint density at radius 2 is 2.32 bits per heavy atom. The summed E-state index contributed by atoms with van der Waals surface area (Å²) in [6.07, 6.45) is 6.81. The summed E-state index contributed by atoms with van der Waals surface area (Å²) in [6, 6.07) is 5.76. The Hall–Kier alpha value is -2.18. The monoisotopic (exact) mass is 342 g/mol. The third-order valence-corrected chi connectivity index (χ3v) is 5.04. The van der Waals surface area contributed by atoms with Crippen LogP contribution in [0.5, 0.6) is 0 Å². The first-order valence-electron chi connectivity index (χ1n) is 8.71. The number of furan rings is 1. The van der Waals surface area contributed by atoms with E-state index in [4.69, 9.17) is 13.9 Å². The molecular weight excluding hydrogens is 320 g/mol. The molecule has 132 valence electrons. The SMILES string of the molecule is Cc1ccoc1C(=O)N1CCO[C@H]2[C@@H](OCc3cccnc3)CC[C@@H]21. The van der Waals surface area contributed by atoms with Crippen molar-refractivity contribution in [1.29, 1.82) is 0 Å². The summed E-state index contributed by atoms with van der Waals surface area (Å²) in [6.45, 7) is 3.52. The highest BCUT2D eigenvalue weighted by molar-refractivity contribution is 5.93. The number of pyridine rings is 1. The predicted octanol–water partition coefficient (Wildman–Crippen LogP) is 2.57. The molecule has 1 saturated carbocycles. The van der Waals surface area contributed by atoms with Crippen LogP contribution in [0, 0.1) is 6.92 Å². The Balaban J connectivity index is 1.43. The van der Waals surface area contributed by atoms with Crippen LogP contribution in [0.25, 0.3) is 0 Å². The van der Waals surface area contributed by atoms with E-state index in [0.29, 0.717) is 25.5 Å². The van der Waals surface area contributed by atoms with E-state index < -0.39 is 0 Å². The van der Waals surface area contributed by atoms with Crippen LogP contribution < -0.4 is 0 Å². The van der Waals surface area contributed by atoms with E-state index in [1.165, 1.54) is 0 Å². The summed E-state index contributed by atoms with van der Waals surface area (Å²) in [5, 5.41) is 0. The van der Waals surface area contributed by atoms with E-state index in [9.17, 15) is 4.79 Å². The number of fused-ring (bicyclic) bond motifs is 1. The topological polar surface area (TPSA) is 64.8 Å². The zero-order valence-electron chi connectivity index (χ0n) is 14.3. The Labute approximate surface area is 146 Å². The standard InChI is InChI=1S/C19H22N2O4/c1-13-6-9-23-17(13)19(22)21-8-10-24-18-15(21)4-5-16(18)25-12-14-3-2-7-20-11-14/h2-3,6-7,9,11,15-16,18H,4-5,8,10,12H2,1H3/t15-,16-,18+/m0/s1. The smallest absolute Gasteiger partial charge is 0.290 e. The average Bonchev–Trinajstić information content (AvgIpc) is 3.26. The van der Waals surface area contributed by atoms with Gasteiger partial charge in [0, 0.05) is 24.5 Å². The quantitative estimate of drug-likeness (QED) is 0.854. The van der Waals surface area contributed by atoms with Crippen molar-refractivity contribution in [2.45, 2.75) is 44.6 Å². The van der Waals surface area contributed by atoms with E-state index in [0.717, 1.165) is 24.0 Å². The fraction of sp³-hybridized carbons (Fsp3) is 0.474. The van der Waals surface area contributed by atoms with Gasteiger partial charge in [-0.2, -0.15) is 0 Å². The fourth-order valence-corrected chi connectivity index (χ4v) is 3.76. The van der Waals surface area contributed by atoms with Gasteiger partial charge in [0.25, 0.3) is 5.91 Å². The molecule has 2 aliphatic rings. The zero-order chi connectivity index (χ0) is 17.2. The first-order valence-corrected chi connectivity index (χ1v) is 8.71. The first-order chi connectivity index (χ1) is 12.2. The molecule has 0 spiro atoms. The van der Waals surface area contributed by atoms with Crippen LogP contribution in [-0.4, -0.2) is 47.2 Å². The minimum Gasteiger partial charge on any atom is -0.459 e. The van der Waals surface area contributed by atoms with Gasteiger partial charge in [0.05, 0.1) is 31.6 Å². The molecule has 0 N–H and O–H groups in total. The molecule has 0 unspecified atom stereocenters. The van der Waals surface area contributed by atoms with Crippen LogP contribution in [0.4, 0.5) is 0 Å². The number of nitrogens with zero attached hydrogens (tertiary/aromatic N) is 2. The molecule has 1 aliphatic carbocycles. The Morgan fingerprint density at radius 1 is 1.40 bits per heavy atom. The highest BCUT2D eigenvalue weighted by Crippen LogP contribution is 2.33. The van der Waals surface area contributed by atoms with Gasteiger partial charge in [0.2, 0.25) is 0 Å². The van der Waals surface area contributed by atoms with Crippen LogP contribution in [0.1, 0.15) is 34.5 Å². The van der Waals surface area contributed by atoms with Gasteiger partial charge in [0.1, 0.15) is 6.10 Å². The van der Waals surface area contributed by atoms with Crippen LogP contribution >= 0.6 is 0 Å². The number of aryl methyl sites for hydroxylation is 1. The third kappa shape index (κ3) is 3.19. The van der Waals surface area contributed by atoms with E-state index in [1.807, 2.05) is 36.2 Å². The summed E-state index contributed by atoms with van der Waals surface area (Å²) >= 11 is 0. The van der Waals surface area contributed by atoms with Gasteiger partial charge >= 0.3 is 0 Å². The molecule has 25 heavy (non-hydrogen) atoms. The van der Waals surface area contributed by atoms with Crippen molar-refractivity contribution < 1.29 is 18.7 Å². The molecule has 0 aromatic carbocycles. The van der Waals surface area contributed by atoms with Gasteiger partial charge < -0.3 is 18.8 Å². The van der Waals surface area contributed by atoms with Gasteiger partial charge in [-0.15, -0.1) is 0 Å². The van der Waals surface area contributed by atoms with Gasteiger partial charge in [-0.1, -0.05) is 6.07 Å². The van der Waals surface area contributed by atoms with Crippen LogP contribution in [-0.2, 0) is 16.1 Å². The van der Waals surface area contributed by atoms with E-state index >= 15 is 0 Å². The van der Waals surface area contributed by atoms with E-state index in [2.05, 4.69) is 4.98 Å². The molecule has 0 radical (unpaired) electrons. The Morgan fingerprint density at radius 3 is 3.08 bits per heavy atom. The molecule has 1 aliphatic heterocycles. The lowest BCUT2D eigenvalue weighted by Gasteiger charge is -2.38. The minimum absolute atomic E-state index is 0.00139. The first kappa shape index (κ1) is 16.3. The number of morpholine rings is 1. The van der Waals surface area contributed by atoms with Crippen molar-refractivity contribution in [3.05, 3.63) is 53.7 Å². The highest BCUT2D eigenvalue weighted by atomic mass is 16.5. The summed E-state index contributed by atoms with van der Waals surface area (Å²) < 4.78 is 17.4. The van der Waals surface area contributed by atoms with Crippen molar-refractivity contribution in [1.82, 2.24) is 9.88 Å². The van der Waals surface area contributed by atoms with E-state index in [-0.39, 0.29) is 24.2 Å². The number of hydrogen-bond donors (Lipinski definition) is 0. The van der Waals surface area contributed by atoms with Crippen LogP contribution in [0.3, 0.4) is 0 Å². The van der Waals surface area contributed by atoms with Crippen molar-refractivity contribution in [3.8, 4) is 0 Å². The molecule has 2 aromatic rings. The minimum atomic E-state index is -0.0790. The second-order valence-corrected chi connectivity index (χ2v) is 6.62.